The lowest BCUT2D eigenvalue weighted by atomic mass is 9.88. The van der Waals surface area contributed by atoms with Gasteiger partial charge in [0.1, 0.15) is 5.82 Å². The monoisotopic (exact) mass is 517 g/mol. The standard InChI is InChI=1S/C29H37ClFNO4/c1-5-35-28(34)11-10-23-14-26(30)27(31)15-25(23)19(2)36-18-24(33)17-32-29(3,4)16-20-12-21-8-6-7-9-22(21)13-20/h6-11,14-15,19-20,24,32-33H,5,12-13,16-18H2,1-4H3/t19-,24-/m1/s1. The number of carbonyl (C=O) groups is 1. The Bertz CT molecular complexity index is 1050. The maximum atomic E-state index is 14.2. The Labute approximate surface area is 218 Å². The van der Waals surface area contributed by atoms with Crippen molar-refractivity contribution >= 4 is 23.6 Å². The number of aliphatic hydroxyl groups excluding tert-OH is 1. The number of benzene rings is 2. The van der Waals surface area contributed by atoms with E-state index in [2.05, 4.69) is 43.4 Å². The first-order chi connectivity index (χ1) is 17.1. The second-order valence-electron chi connectivity index (χ2n) is 10.1. The van der Waals surface area contributed by atoms with Gasteiger partial charge in [0.2, 0.25) is 0 Å². The van der Waals surface area contributed by atoms with Gasteiger partial charge >= 0.3 is 5.97 Å². The number of carbonyl (C=O) groups excluding carboxylic acids is 1. The van der Waals surface area contributed by atoms with Gasteiger partial charge in [-0.05, 0) is 93.3 Å². The predicted molar refractivity (Wildman–Crippen MR) is 141 cm³/mol. The largest absolute Gasteiger partial charge is 0.463 e. The Balaban J connectivity index is 1.51. The van der Waals surface area contributed by atoms with Crippen LogP contribution in [0.5, 0.6) is 0 Å². The summed E-state index contributed by atoms with van der Waals surface area (Å²) in [5.41, 5.74) is 3.82. The zero-order chi connectivity index (χ0) is 26.3. The van der Waals surface area contributed by atoms with Crippen LogP contribution < -0.4 is 5.32 Å². The van der Waals surface area contributed by atoms with Gasteiger partial charge in [-0.25, -0.2) is 9.18 Å². The molecular weight excluding hydrogens is 481 g/mol. The first-order valence-electron chi connectivity index (χ1n) is 12.5. The summed E-state index contributed by atoms with van der Waals surface area (Å²) < 4.78 is 25.0. The number of ether oxygens (including phenoxy) is 2. The normalized spacial score (nSPS) is 15.8. The van der Waals surface area contributed by atoms with E-state index in [1.807, 2.05) is 0 Å². The Kier molecular flexibility index (Phi) is 10.1. The molecule has 2 aromatic rings. The van der Waals surface area contributed by atoms with Crippen LogP contribution in [0.4, 0.5) is 4.39 Å². The lowest BCUT2D eigenvalue weighted by molar-refractivity contribution is -0.137. The highest BCUT2D eigenvalue weighted by molar-refractivity contribution is 6.30. The summed E-state index contributed by atoms with van der Waals surface area (Å²) in [7, 11) is 0. The molecule has 2 N–H and O–H groups in total. The first kappa shape index (κ1) is 28.3. The van der Waals surface area contributed by atoms with E-state index in [1.54, 1.807) is 13.8 Å². The summed E-state index contributed by atoms with van der Waals surface area (Å²) in [5, 5.41) is 14.0. The lowest BCUT2D eigenvalue weighted by Gasteiger charge is -2.31. The van der Waals surface area contributed by atoms with Gasteiger partial charge in [-0.1, -0.05) is 35.9 Å². The highest BCUT2D eigenvalue weighted by Crippen LogP contribution is 2.32. The SMILES string of the molecule is CCOC(=O)C=Cc1cc(Cl)c(F)cc1[C@@H](C)OC[C@H](O)CNC(C)(C)CC1Cc2ccccc2C1. The summed E-state index contributed by atoms with van der Waals surface area (Å²) in [5.74, 6) is -0.490. The molecule has 196 valence electrons. The van der Waals surface area contributed by atoms with Gasteiger partial charge in [0.05, 0.1) is 30.4 Å². The van der Waals surface area contributed by atoms with E-state index in [4.69, 9.17) is 21.1 Å². The van der Waals surface area contributed by atoms with Crippen molar-refractivity contribution in [3.63, 3.8) is 0 Å². The van der Waals surface area contributed by atoms with Crippen LogP contribution in [0.1, 0.15) is 62.5 Å². The number of aliphatic hydroxyl groups is 1. The minimum absolute atomic E-state index is 0.0497. The maximum Gasteiger partial charge on any atom is 0.330 e. The van der Waals surface area contributed by atoms with Crippen LogP contribution in [0.15, 0.2) is 42.5 Å². The van der Waals surface area contributed by atoms with Crippen molar-refractivity contribution in [3.05, 3.63) is 75.6 Å². The fourth-order valence-electron chi connectivity index (χ4n) is 4.81. The summed E-state index contributed by atoms with van der Waals surface area (Å²) >= 11 is 5.95. The predicted octanol–water partition coefficient (Wildman–Crippen LogP) is 5.67. The molecule has 1 aliphatic carbocycles. The fourth-order valence-corrected chi connectivity index (χ4v) is 4.98. The molecule has 3 rings (SSSR count). The third-order valence-corrected chi connectivity index (χ3v) is 6.83. The molecule has 36 heavy (non-hydrogen) atoms. The van der Waals surface area contributed by atoms with E-state index in [9.17, 15) is 14.3 Å². The second kappa shape index (κ2) is 12.8. The molecule has 0 saturated heterocycles. The molecule has 0 aliphatic heterocycles. The van der Waals surface area contributed by atoms with E-state index in [0.717, 1.165) is 19.3 Å². The van der Waals surface area contributed by atoms with Crippen molar-refractivity contribution in [1.82, 2.24) is 5.32 Å². The van der Waals surface area contributed by atoms with Crippen molar-refractivity contribution in [2.45, 2.75) is 64.7 Å². The molecule has 0 bridgehead atoms. The quantitative estimate of drug-likeness (QED) is 0.280. The summed E-state index contributed by atoms with van der Waals surface area (Å²) in [6.45, 7) is 8.52. The molecule has 0 saturated carbocycles. The van der Waals surface area contributed by atoms with Gasteiger partial charge in [-0.2, -0.15) is 0 Å². The van der Waals surface area contributed by atoms with Gasteiger partial charge in [0.25, 0.3) is 0 Å². The van der Waals surface area contributed by atoms with Crippen LogP contribution in [-0.4, -0.2) is 42.5 Å². The van der Waals surface area contributed by atoms with Crippen LogP contribution in [0.2, 0.25) is 5.02 Å². The number of rotatable bonds is 12. The third-order valence-electron chi connectivity index (χ3n) is 6.54. The summed E-state index contributed by atoms with van der Waals surface area (Å²) in [6, 6.07) is 11.4. The number of esters is 1. The number of fused-ring (bicyclic) bond motifs is 1. The van der Waals surface area contributed by atoms with E-state index >= 15 is 0 Å². The van der Waals surface area contributed by atoms with Crippen molar-refractivity contribution in [1.29, 1.82) is 0 Å². The molecule has 0 amide bonds. The molecule has 0 spiro atoms. The number of β-amino-alcohol motifs (C(OH)–C–C–N with tert-alkyl or cyclic N) is 1. The first-order valence-corrected chi connectivity index (χ1v) is 12.9. The molecule has 1 aliphatic rings. The van der Waals surface area contributed by atoms with E-state index < -0.39 is 24.0 Å². The third kappa shape index (κ3) is 8.13. The number of hydrogen-bond donors (Lipinski definition) is 2. The maximum absolute atomic E-state index is 14.2. The summed E-state index contributed by atoms with van der Waals surface area (Å²) in [4.78, 5) is 11.7. The minimum atomic E-state index is -0.733. The highest BCUT2D eigenvalue weighted by Gasteiger charge is 2.28. The van der Waals surface area contributed by atoms with Gasteiger partial charge < -0.3 is 19.9 Å². The molecule has 2 aromatic carbocycles. The minimum Gasteiger partial charge on any atom is -0.463 e. The molecule has 2 atom stereocenters. The van der Waals surface area contributed by atoms with Crippen molar-refractivity contribution in [2.24, 2.45) is 5.92 Å². The molecule has 5 nitrogen and oxygen atoms in total. The van der Waals surface area contributed by atoms with Gasteiger partial charge in [-0.15, -0.1) is 0 Å². The van der Waals surface area contributed by atoms with Gasteiger partial charge in [0, 0.05) is 18.2 Å². The number of halogens is 2. The zero-order valence-electron chi connectivity index (χ0n) is 21.5. The summed E-state index contributed by atoms with van der Waals surface area (Å²) in [6.07, 6.45) is 4.73. The Hall–Kier alpha value is -2.25. The van der Waals surface area contributed by atoms with Crippen LogP contribution in [0, 0.1) is 11.7 Å². The lowest BCUT2D eigenvalue weighted by Crippen LogP contribution is -2.45. The van der Waals surface area contributed by atoms with Crippen LogP contribution in [-0.2, 0) is 27.1 Å². The zero-order valence-corrected chi connectivity index (χ0v) is 22.3. The molecule has 7 heteroatoms. The Morgan fingerprint density at radius 3 is 2.58 bits per heavy atom. The molecule has 0 aromatic heterocycles. The Morgan fingerprint density at radius 1 is 1.28 bits per heavy atom. The molecule has 0 heterocycles. The average molecular weight is 518 g/mol. The molecule has 0 radical (unpaired) electrons. The van der Waals surface area contributed by atoms with E-state index in [1.165, 1.54) is 35.4 Å². The second-order valence-corrected chi connectivity index (χ2v) is 10.5. The van der Waals surface area contributed by atoms with Crippen molar-refractivity contribution in [3.8, 4) is 0 Å². The van der Waals surface area contributed by atoms with Crippen molar-refractivity contribution < 1.29 is 23.8 Å². The molecule has 0 fully saturated rings. The van der Waals surface area contributed by atoms with Gasteiger partial charge in [0.15, 0.2) is 0 Å². The van der Waals surface area contributed by atoms with Crippen LogP contribution in [0.25, 0.3) is 6.08 Å². The van der Waals surface area contributed by atoms with Crippen LogP contribution in [0.3, 0.4) is 0 Å². The highest BCUT2D eigenvalue weighted by atomic mass is 35.5. The molecule has 0 unspecified atom stereocenters. The smallest absolute Gasteiger partial charge is 0.330 e. The fraction of sp³-hybridized carbons (Fsp3) is 0.483. The molecular formula is C29H37ClFNO4. The Morgan fingerprint density at radius 2 is 1.94 bits per heavy atom. The average Bonchev–Trinajstić information content (AvgIpc) is 3.23. The van der Waals surface area contributed by atoms with E-state index in [-0.39, 0.29) is 23.8 Å². The van der Waals surface area contributed by atoms with Gasteiger partial charge in [-0.3, -0.25) is 0 Å². The van der Waals surface area contributed by atoms with Crippen LogP contribution >= 0.6 is 11.6 Å². The topological polar surface area (TPSA) is 67.8 Å². The van der Waals surface area contributed by atoms with Crippen molar-refractivity contribution in [2.75, 3.05) is 19.8 Å². The number of nitrogens with one attached hydrogen (secondary N) is 1. The van der Waals surface area contributed by atoms with E-state index in [0.29, 0.717) is 23.6 Å². The number of hydrogen-bond acceptors (Lipinski definition) is 5.